The maximum atomic E-state index is 13.2. The van der Waals surface area contributed by atoms with E-state index in [0.717, 1.165) is 11.1 Å². The van der Waals surface area contributed by atoms with Gasteiger partial charge in [0.25, 0.3) is 5.56 Å². The summed E-state index contributed by atoms with van der Waals surface area (Å²) < 4.78 is 9.56. The summed E-state index contributed by atoms with van der Waals surface area (Å²) in [4.78, 5) is 39.1. The fourth-order valence-electron chi connectivity index (χ4n) is 3.87. The number of nitrogens with one attached hydrogen (secondary N) is 1. The second-order valence-corrected chi connectivity index (χ2v) is 8.42. The number of carbonyl (C=O) groups is 1. The van der Waals surface area contributed by atoms with E-state index >= 15 is 0 Å². The van der Waals surface area contributed by atoms with Gasteiger partial charge in [0, 0.05) is 18.8 Å². The van der Waals surface area contributed by atoms with Crippen molar-refractivity contribution < 1.29 is 9.53 Å². The van der Waals surface area contributed by atoms with Gasteiger partial charge in [-0.1, -0.05) is 31.2 Å². The van der Waals surface area contributed by atoms with Crippen LogP contribution in [0.5, 0.6) is 0 Å². The first-order valence-electron chi connectivity index (χ1n) is 11.5. The van der Waals surface area contributed by atoms with Gasteiger partial charge in [-0.05, 0) is 56.5 Å². The number of amides is 1. The van der Waals surface area contributed by atoms with Gasteiger partial charge in [0.15, 0.2) is 0 Å². The summed E-state index contributed by atoms with van der Waals surface area (Å²) in [6.07, 6.45) is 1.58. The van der Waals surface area contributed by atoms with E-state index in [2.05, 4.69) is 17.3 Å². The highest BCUT2D eigenvalue weighted by Gasteiger charge is 2.18. The number of aryl methyl sites for hydroxylation is 2. The molecule has 1 N–H and O–H groups in total. The third kappa shape index (κ3) is 4.79. The molecule has 178 valence electrons. The van der Waals surface area contributed by atoms with Crippen LogP contribution in [0.3, 0.4) is 0 Å². The molecule has 2 heterocycles. The minimum atomic E-state index is -0.477. The summed E-state index contributed by atoms with van der Waals surface area (Å²) >= 11 is 0. The Labute approximate surface area is 196 Å². The van der Waals surface area contributed by atoms with Crippen molar-refractivity contribution in [3.05, 3.63) is 74.9 Å². The Kier molecular flexibility index (Phi) is 6.93. The Morgan fingerprint density at radius 3 is 2.53 bits per heavy atom. The fourth-order valence-corrected chi connectivity index (χ4v) is 3.87. The molecule has 0 fully saturated rings. The van der Waals surface area contributed by atoms with Crippen LogP contribution in [-0.2, 0) is 29.0 Å². The molecule has 0 bridgehead atoms. The fraction of sp³-hybridized carbons (Fsp3) is 0.360. The van der Waals surface area contributed by atoms with Crippen LogP contribution < -0.4 is 16.6 Å². The van der Waals surface area contributed by atoms with Crippen LogP contribution in [0.2, 0.25) is 0 Å². The third-order valence-electron chi connectivity index (χ3n) is 5.60. The lowest BCUT2D eigenvalue weighted by atomic mass is 10.1. The van der Waals surface area contributed by atoms with E-state index in [1.165, 1.54) is 14.5 Å². The zero-order valence-electron chi connectivity index (χ0n) is 19.7. The lowest BCUT2D eigenvalue weighted by molar-refractivity contribution is -0.117. The van der Waals surface area contributed by atoms with Gasteiger partial charge in [-0.3, -0.25) is 14.2 Å². The first-order valence-corrected chi connectivity index (χ1v) is 11.5. The number of carbonyl (C=O) groups excluding carboxylic acids is 1. The van der Waals surface area contributed by atoms with Crippen molar-refractivity contribution in [2.24, 2.45) is 0 Å². The number of nitrogens with zero attached hydrogens (tertiary/aromatic N) is 4. The quantitative estimate of drug-likeness (QED) is 0.385. The Balaban J connectivity index is 1.68. The van der Waals surface area contributed by atoms with Crippen molar-refractivity contribution in [3.63, 3.8) is 0 Å². The number of hydrogen-bond acceptors (Lipinski definition) is 5. The van der Waals surface area contributed by atoms with E-state index in [0.29, 0.717) is 36.2 Å². The summed E-state index contributed by atoms with van der Waals surface area (Å²) in [5.74, 6) is -0.170. The molecule has 1 amide bonds. The Hall–Kier alpha value is -3.72. The van der Waals surface area contributed by atoms with E-state index < -0.39 is 5.69 Å². The van der Waals surface area contributed by atoms with Crippen LogP contribution in [-0.4, -0.2) is 37.4 Å². The molecular formula is C25H29N5O4. The summed E-state index contributed by atoms with van der Waals surface area (Å²) in [5.41, 5.74) is 1.56. The summed E-state index contributed by atoms with van der Waals surface area (Å²) in [6.45, 7) is 6.51. The third-order valence-corrected chi connectivity index (χ3v) is 5.60. The molecule has 0 saturated carbocycles. The number of fused-ring (bicyclic) bond motifs is 3. The molecule has 34 heavy (non-hydrogen) atoms. The Bertz CT molecular complexity index is 1430. The summed E-state index contributed by atoms with van der Waals surface area (Å²) in [5, 5.41) is 7.59. The summed E-state index contributed by atoms with van der Waals surface area (Å²) in [7, 11) is 0. The molecule has 0 saturated heterocycles. The second-order valence-electron chi connectivity index (χ2n) is 8.42. The Morgan fingerprint density at radius 2 is 1.82 bits per heavy atom. The zero-order chi connectivity index (χ0) is 24.2. The van der Waals surface area contributed by atoms with Crippen LogP contribution in [0, 0.1) is 0 Å². The lowest BCUT2D eigenvalue weighted by Gasteiger charge is -2.11. The van der Waals surface area contributed by atoms with Gasteiger partial charge in [-0.25, -0.2) is 13.9 Å². The zero-order valence-corrected chi connectivity index (χ0v) is 19.7. The molecule has 4 aromatic rings. The molecule has 0 radical (unpaired) electrons. The molecule has 0 aliphatic carbocycles. The van der Waals surface area contributed by atoms with Crippen LogP contribution >= 0.6 is 0 Å². The molecule has 2 aromatic heterocycles. The first kappa shape index (κ1) is 23.4. The number of benzene rings is 2. The highest BCUT2D eigenvalue weighted by atomic mass is 16.5. The van der Waals surface area contributed by atoms with Gasteiger partial charge in [0.2, 0.25) is 11.7 Å². The van der Waals surface area contributed by atoms with Gasteiger partial charge in [0.05, 0.1) is 17.0 Å². The van der Waals surface area contributed by atoms with E-state index in [4.69, 9.17) is 4.74 Å². The molecule has 9 heteroatoms. The highest BCUT2D eigenvalue weighted by Crippen LogP contribution is 2.12. The van der Waals surface area contributed by atoms with Crippen LogP contribution in [0.15, 0.2) is 58.1 Å². The number of aromatic nitrogens is 4. The first-order chi connectivity index (χ1) is 16.4. The van der Waals surface area contributed by atoms with Gasteiger partial charge >= 0.3 is 5.69 Å². The van der Waals surface area contributed by atoms with Crippen LogP contribution in [0.4, 0.5) is 5.69 Å². The average molecular weight is 464 g/mol. The largest absolute Gasteiger partial charge is 0.379 e. The van der Waals surface area contributed by atoms with Gasteiger partial charge in [-0.15, -0.1) is 5.10 Å². The van der Waals surface area contributed by atoms with Crippen LogP contribution in [0.1, 0.15) is 32.8 Å². The van der Waals surface area contributed by atoms with E-state index in [1.54, 1.807) is 24.3 Å². The molecule has 0 aliphatic heterocycles. The molecule has 0 spiro atoms. The van der Waals surface area contributed by atoms with Gasteiger partial charge < -0.3 is 10.1 Å². The highest BCUT2D eigenvalue weighted by molar-refractivity contribution is 5.90. The number of hydrogen-bond donors (Lipinski definition) is 1. The standard InChI is InChI=1S/C25H29N5O4/c1-4-18-10-12-19(13-11-18)26-22(31)16-29-25(33)30-21-9-6-5-8-20(21)23(32)28(24(30)27-29)14-7-15-34-17(2)3/h5-6,8-13,17H,4,7,14-16H2,1-3H3,(H,26,31). The van der Waals surface area contributed by atoms with Crippen molar-refractivity contribution in [3.8, 4) is 0 Å². The normalized spacial score (nSPS) is 11.5. The maximum absolute atomic E-state index is 13.2. The van der Waals surface area contributed by atoms with Crippen molar-refractivity contribution >= 4 is 28.3 Å². The topological polar surface area (TPSA) is 99.6 Å². The smallest absolute Gasteiger partial charge is 0.352 e. The van der Waals surface area contributed by atoms with Gasteiger partial charge in [0.1, 0.15) is 6.54 Å². The van der Waals surface area contributed by atoms with Crippen molar-refractivity contribution in [2.75, 3.05) is 11.9 Å². The minimum Gasteiger partial charge on any atom is -0.379 e. The second kappa shape index (κ2) is 10.0. The van der Waals surface area contributed by atoms with Crippen molar-refractivity contribution in [2.45, 2.75) is 52.8 Å². The van der Waals surface area contributed by atoms with E-state index in [9.17, 15) is 14.4 Å². The van der Waals surface area contributed by atoms with E-state index in [-0.39, 0.29) is 29.9 Å². The van der Waals surface area contributed by atoms with E-state index in [1.807, 2.05) is 38.1 Å². The average Bonchev–Trinajstić information content (AvgIpc) is 3.14. The monoisotopic (exact) mass is 463 g/mol. The predicted molar refractivity (Wildman–Crippen MR) is 131 cm³/mol. The number of rotatable bonds is 9. The molecule has 2 aromatic carbocycles. The molecule has 0 aliphatic rings. The van der Waals surface area contributed by atoms with Crippen LogP contribution in [0.25, 0.3) is 16.7 Å². The molecule has 9 nitrogen and oxygen atoms in total. The number of ether oxygens (including phenoxy) is 1. The predicted octanol–water partition coefficient (Wildman–Crippen LogP) is 2.83. The van der Waals surface area contributed by atoms with Crippen molar-refractivity contribution in [1.82, 2.24) is 18.7 Å². The SMILES string of the molecule is CCc1ccc(NC(=O)Cn2nc3n(CCCOC(C)C)c(=O)c4ccccc4n3c2=O)cc1. The summed E-state index contributed by atoms with van der Waals surface area (Å²) in [6, 6.07) is 14.5. The molecule has 0 atom stereocenters. The van der Waals surface area contributed by atoms with Gasteiger partial charge in [-0.2, -0.15) is 0 Å². The number of anilines is 1. The molecule has 4 rings (SSSR count). The molecular weight excluding hydrogens is 434 g/mol. The number of para-hydroxylation sites is 1. The lowest BCUT2D eigenvalue weighted by Crippen LogP contribution is -2.29. The molecule has 0 unspecified atom stereocenters. The Morgan fingerprint density at radius 1 is 1.09 bits per heavy atom. The maximum Gasteiger partial charge on any atom is 0.352 e. The van der Waals surface area contributed by atoms with Crippen molar-refractivity contribution in [1.29, 1.82) is 0 Å². The minimum absolute atomic E-state index is 0.0897.